The minimum atomic E-state index is 0.140. The van der Waals surface area contributed by atoms with E-state index in [4.69, 9.17) is 4.42 Å². The molecule has 1 N–H and O–H groups in total. The number of hydrogen-bond acceptors (Lipinski definition) is 4. The van der Waals surface area contributed by atoms with E-state index in [1.165, 1.54) is 5.56 Å². The summed E-state index contributed by atoms with van der Waals surface area (Å²) in [5.41, 5.74) is 5.24. The smallest absolute Gasteiger partial charge is 0.227 e. The second kappa shape index (κ2) is 6.99. The van der Waals surface area contributed by atoms with Crippen molar-refractivity contribution in [3.05, 3.63) is 59.4 Å². The fourth-order valence-corrected chi connectivity index (χ4v) is 3.68. The molecular formula is C22H24N2O3. The molecule has 0 unspecified atom stereocenters. The van der Waals surface area contributed by atoms with Gasteiger partial charge in [-0.05, 0) is 49.2 Å². The first-order chi connectivity index (χ1) is 13.0. The fraction of sp³-hybridized carbons (Fsp3) is 0.318. The molecule has 27 heavy (non-hydrogen) atoms. The van der Waals surface area contributed by atoms with Crippen LogP contribution in [0.25, 0.3) is 11.0 Å². The minimum absolute atomic E-state index is 0.140. The zero-order chi connectivity index (χ0) is 19.0. The number of aryl methyl sites for hydroxylation is 2. The average molecular weight is 364 g/mol. The Morgan fingerprint density at radius 1 is 1.04 bits per heavy atom. The van der Waals surface area contributed by atoms with Crippen molar-refractivity contribution >= 4 is 22.6 Å². The summed E-state index contributed by atoms with van der Waals surface area (Å²) in [5, 5.41) is 10.5. The summed E-state index contributed by atoms with van der Waals surface area (Å²) in [6.07, 6.45) is 2.09. The van der Waals surface area contributed by atoms with Crippen molar-refractivity contribution in [2.24, 2.45) is 0 Å². The van der Waals surface area contributed by atoms with E-state index >= 15 is 0 Å². The number of carbonyl (C=O) groups is 1. The monoisotopic (exact) mass is 364 g/mol. The molecule has 2 heterocycles. The van der Waals surface area contributed by atoms with Gasteiger partial charge >= 0.3 is 0 Å². The Balaban J connectivity index is 1.41. The predicted molar refractivity (Wildman–Crippen MR) is 106 cm³/mol. The van der Waals surface area contributed by atoms with Gasteiger partial charge < -0.3 is 19.3 Å². The van der Waals surface area contributed by atoms with Crippen molar-refractivity contribution in [2.45, 2.75) is 20.3 Å². The summed E-state index contributed by atoms with van der Waals surface area (Å²) < 4.78 is 5.73. The van der Waals surface area contributed by atoms with Crippen LogP contribution in [0.1, 0.15) is 16.7 Å². The standard InChI is InChI=1S/C22H24N2O3/c1-15-3-8-20-17(14-27-22(20)16(15)2)13-21(26)24-11-9-23(10-12-24)18-4-6-19(25)7-5-18/h3-8,14,25H,9-13H2,1-2H3. The van der Waals surface area contributed by atoms with Crippen LogP contribution in [-0.2, 0) is 11.2 Å². The molecule has 5 nitrogen and oxygen atoms in total. The van der Waals surface area contributed by atoms with Gasteiger partial charge in [-0.15, -0.1) is 0 Å². The molecule has 140 valence electrons. The van der Waals surface area contributed by atoms with E-state index in [0.717, 1.165) is 40.9 Å². The zero-order valence-corrected chi connectivity index (χ0v) is 15.7. The third-order valence-corrected chi connectivity index (χ3v) is 5.53. The molecule has 2 aromatic carbocycles. The number of phenols is 1. The van der Waals surface area contributed by atoms with Crippen LogP contribution in [0.3, 0.4) is 0 Å². The lowest BCUT2D eigenvalue weighted by molar-refractivity contribution is -0.130. The molecule has 0 atom stereocenters. The number of carbonyl (C=O) groups excluding carboxylic acids is 1. The van der Waals surface area contributed by atoms with E-state index < -0.39 is 0 Å². The number of aromatic hydroxyl groups is 1. The Labute approximate surface area is 158 Å². The Hall–Kier alpha value is -2.95. The number of benzene rings is 2. The summed E-state index contributed by atoms with van der Waals surface area (Å²) in [6, 6.07) is 11.3. The van der Waals surface area contributed by atoms with Gasteiger partial charge in [0.2, 0.25) is 5.91 Å². The van der Waals surface area contributed by atoms with Crippen molar-refractivity contribution in [3.63, 3.8) is 0 Å². The summed E-state index contributed by atoms with van der Waals surface area (Å²) in [6.45, 7) is 7.11. The first-order valence-corrected chi connectivity index (χ1v) is 9.31. The molecule has 0 spiro atoms. The number of furan rings is 1. The molecule has 1 saturated heterocycles. The largest absolute Gasteiger partial charge is 0.508 e. The molecule has 0 aliphatic carbocycles. The number of phenolic OH excluding ortho intramolecular Hbond substituents is 1. The molecule has 0 bridgehead atoms. The molecular weight excluding hydrogens is 340 g/mol. The summed E-state index contributed by atoms with van der Waals surface area (Å²) in [4.78, 5) is 16.9. The highest BCUT2D eigenvalue weighted by Gasteiger charge is 2.22. The normalized spacial score (nSPS) is 14.7. The maximum Gasteiger partial charge on any atom is 0.227 e. The lowest BCUT2D eigenvalue weighted by Gasteiger charge is -2.36. The van der Waals surface area contributed by atoms with Gasteiger partial charge in [0.1, 0.15) is 11.3 Å². The molecule has 1 amide bonds. The first-order valence-electron chi connectivity index (χ1n) is 9.31. The summed E-state index contributed by atoms with van der Waals surface area (Å²) in [7, 11) is 0. The van der Waals surface area contributed by atoms with Crippen molar-refractivity contribution in [2.75, 3.05) is 31.1 Å². The van der Waals surface area contributed by atoms with Gasteiger partial charge in [-0.25, -0.2) is 0 Å². The van der Waals surface area contributed by atoms with Gasteiger partial charge in [-0.1, -0.05) is 12.1 Å². The number of nitrogens with zero attached hydrogens (tertiary/aromatic N) is 2. The predicted octanol–water partition coefficient (Wildman–Crippen LogP) is 3.65. The van der Waals surface area contributed by atoms with Crippen LogP contribution in [0.2, 0.25) is 0 Å². The van der Waals surface area contributed by atoms with Gasteiger partial charge in [-0.2, -0.15) is 0 Å². The van der Waals surface area contributed by atoms with Gasteiger partial charge in [0, 0.05) is 42.8 Å². The highest BCUT2D eigenvalue weighted by molar-refractivity contribution is 5.89. The van der Waals surface area contributed by atoms with E-state index in [-0.39, 0.29) is 11.7 Å². The average Bonchev–Trinajstić information content (AvgIpc) is 3.09. The third kappa shape index (κ3) is 3.37. The van der Waals surface area contributed by atoms with Crippen molar-refractivity contribution in [1.29, 1.82) is 0 Å². The Kier molecular flexibility index (Phi) is 4.52. The van der Waals surface area contributed by atoms with Crippen LogP contribution in [-0.4, -0.2) is 42.1 Å². The maximum atomic E-state index is 12.8. The molecule has 4 rings (SSSR count). The molecule has 3 aromatic rings. The Bertz CT molecular complexity index is 967. The highest BCUT2D eigenvalue weighted by atomic mass is 16.3. The molecule has 5 heteroatoms. The lowest BCUT2D eigenvalue weighted by Crippen LogP contribution is -2.49. The Morgan fingerprint density at radius 2 is 1.74 bits per heavy atom. The van der Waals surface area contributed by atoms with Gasteiger partial charge in [0.05, 0.1) is 12.7 Å². The van der Waals surface area contributed by atoms with Gasteiger partial charge in [0.25, 0.3) is 0 Å². The van der Waals surface area contributed by atoms with Crippen LogP contribution >= 0.6 is 0 Å². The first kappa shape index (κ1) is 17.5. The number of rotatable bonds is 3. The van der Waals surface area contributed by atoms with Crippen molar-refractivity contribution in [1.82, 2.24) is 4.90 Å². The van der Waals surface area contributed by atoms with Gasteiger partial charge in [0.15, 0.2) is 0 Å². The lowest BCUT2D eigenvalue weighted by atomic mass is 10.0. The summed E-state index contributed by atoms with van der Waals surface area (Å²) in [5.74, 6) is 0.409. The van der Waals surface area contributed by atoms with E-state index in [9.17, 15) is 9.90 Å². The fourth-order valence-electron chi connectivity index (χ4n) is 3.68. The molecule has 1 aromatic heterocycles. The number of anilines is 1. The van der Waals surface area contributed by atoms with E-state index in [0.29, 0.717) is 19.5 Å². The second-order valence-electron chi connectivity index (χ2n) is 7.21. The van der Waals surface area contributed by atoms with Crippen LogP contribution in [0.5, 0.6) is 5.75 Å². The van der Waals surface area contributed by atoms with Crippen LogP contribution in [0.4, 0.5) is 5.69 Å². The minimum Gasteiger partial charge on any atom is -0.508 e. The van der Waals surface area contributed by atoms with E-state index in [1.54, 1.807) is 18.4 Å². The van der Waals surface area contributed by atoms with Crippen molar-refractivity contribution < 1.29 is 14.3 Å². The van der Waals surface area contributed by atoms with Crippen LogP contribution in [0, 0.1) is 13.8 Å². The summed E-state index contributed by atoms with van der Waals surface area (Å²) >= 11 is 0. The number of piperazine rings is 1. The number of hydrogen-bond donors (Lipinski definition) is 1. The van der Waals surface area contributed by atoms with Crippen LogP contribution in [0.15, 0.2) is 47.1 Å². The highest BCUT2D eigenvalue weighted by Crippen LogP contribution is 2.27. The number of amides is 1. The second-order valence-corrected chi connectivity index (χ2v) is 7.21. The quantitative estimate of drug-likeness (QED) is 0.771. The zero-order valence-electron chi connectivity index (χ0n) is 15.7. The van der Waals surface area contributed by atoms with Crippen molar-refractivity contribution in [3.8, 4) is 5.75 Å². The molecule has 1 fully saturated rings. The third-order valence-electron chi connectivity index (χ3n) is 5.53. The number of fused-ring (bicyclic) bond motifs is 1. The van der Waals surface area contributed by atoms with Crippen LogP contribution < -0.4 is 4.90 Å². The molecule has 1 aliphatic heterocycles. The van der Waals surface area contributed by atoms with Gasteiger partial charge in [-0.3, -0.25) is 4.79 Å². The van der Waals surface area contributed by atoms with E-state index in [1.807, 2.05) is 23.1 Å². The molecule has 1 aliphatic rings. The van der Waals surface area contributed by atoms with E-state index in [2.05, 4.69) is 24.8 Å². The Morgan fingerprint density at radius 3 is 2.44 bits per heavy atom. The molecule has 0 radical (unpaired) electrons. The molecule has 0 saturated carbocycles. The SMILES string of the molecule is Cc1ccc2c(CC(=O)N3CCN(c4ccc(O)cc4)CC3)coc2c1C. The topological polar surface area (TPSA) is 56.9 Å². The maximum absolute atomic E-state index is 12.8.